The van der Waals surface area contributed by atoms with Gasteiger partial charge in [-0.15, -0.1) is 12.4 Å². The summed E-state index contributed by atoms with van der Waals surface area (Å²) >= 11 is 0. The molecule has 128 valence electrons. The second-order valence-corrected chi connectivity index (χ2v) is 7.49. The van der Waals surface area contributed by atoms with E-state index >= 15 is 0 Å². The van der Waals surface area contributed by atoms with E-state index in [1.807, 2.05) is 65.8 Å². The Labute approximate surface area is 152 Å². The minimum atomic E-state index is -0.364. The molecule has 0 aliphatic heterocycles. The van der Waals surface area contributed by atoms with E-state index < -0.39 is 0 Å². The van der Waals surface area contributed by atoms with Crippen LogP contribution in [0.25, 0.3) is 0 Å². The van der Waals surface area contributed by atoms with Crippen molar-refractivity contribution in [2.45, 2.75) is 41.5 Å². The van der Waals surface area contributed by atoms with Crippen LogP contribution in [0.1, 0.15) is 54.1 Å². The number of rotatable bonds is 4. The Morgan fingerprint density at radius 1 is 0.625 bits per heavy atom. The van der Waals surface area contributed by atoms with Crippen LogP contribution in [0.4, 0.5) is 0 Å². The van der Waals surface area contributed by atoms with Crippen molar-refractivity contribution in [3.05, 3.63) is 68.8 Å². The number of carbonyl (C=O) groups excluding carboxylic acids is 2. The maximum atomic E-state index is 12.7. The highest BCUT2D eigenvalue weighted by Gasteiger charge is 2.20. The number of hydrogen-bond acceptors (Lipinski definition) is 2. The lowest BCUT2D eigenvalue weighted by atomic mass is 10.0. The molecule has 2 nitrogen and oxygen atoms in total. The molecule has 0 saturated carbocycles. The third kappa shape index (κ3) is 4.32. The van der Waals surface area contributed by atoms with Crippen molar-refractivity contribution in [3.8, 4) is 0 Å². The van der Waals surface area contributed by atoms with Gasteiger partial charge in [0, 0.05) is 19.7 Å². The summed E-state index contributed by atoms with van der Waals surface area (Å²) in [6.07, 6.45) is 0. The fourth-order valence-electron chi connectivity index (χ4n) is 3.30. The molecule has 2 aromatic rings. The molecule has 0 amide bonds. The van der Waals surface area contributed by atoms with Crippen molar-refractivity contribution in [3.63, 3.8) is 0 Å². The fraction of sp³-hybridized carbons (Fsp3) is 0.300. The predicted molar refractivity (Wildman–Crippen MR) is 106 cm³/mol. The largest absolute Gasteiger partial charge is 0.289 e. The molecule has 2 aromatic carbocycles. The topological polar surface area (TPSA) is 34.1 Å². The van der Waals surface area contributed by atoms with E-state index in [1.165, 1.54) is 0 Å². The average molecular weight is 363 g/mol. The summed E-state index contributed by atoms with van der Waals surface area (Å²) in [5, 5.41) is 0. The SMILES string of the molecule is Cc1cc(C)c(C(=O)PC(=O)c2c(C)cc(C)cc2C)c(C)c1.Cl. The zero-order chi connectivity index (χ0) is 17.3. The van der Waals surface area contributed by atoms with Gasteiger partial charge in [-0.1, -0.05) is 35.4 Å². The summed E-state index contributed by atoms with van der Waals surface area (Å²) in [6.45, 7) is 11.8. The Hall–Kier alpha value is -1.50. The highest BCUT2D eigenvalue weighted by molar-refractivity contribution is 7.75. The van der Waals surface area contributed by atoms with Gasteiger partial charge < -0.3 is 0 Å². The third-order valence-electron chi connectivity index (χ3n) is 4.04. The second-order valence-electron chi connectivity index (χ2n) is 6.33. The van der Waals surface area contributed by atoms with Crippen LogP contribution in [-0.4, -0.2) is 11.0 Å². The minimum Gasteiger partial charge on any atom is -0.289 e. The van der Waals surface area contributed by atoms with Crippen LogP contribution in [0.2, 0.25) is 0 Å². The maximum Gasteiger partial charge on any atom is 0.189 e. The van der Waals surface area contributed by atoms with Gasteiger partial charge >= 0.3 is 0 Å². The van der Waals surface area contributed by atoms with E-state index in [0.29, 0.717) is 11.1 Å². The zero-order valence-electron chi connectivity index (χ0n) is 15.0. The molecule has 0 aromatic heterocycles. The van der Waals surface area contributed by atoms with Crippen molar-refractivity contribution in [2.75, 3.05) is 0 Å². The number of benzene rings is 2. The standard InChI is InChI=1S/C20H23O2P.ClH/c1-11-7-13(3)17(14(4)8-11)19(21)23-20(22)18-15(5)9-12(2)10-16(18)6;/h7-10,23H,1-6H3;1H. The molecular formula is C20H24ClO2P. The van der Waals surface area contributed by atoms with Crippen LogP contribution >= 0.6 is 21.0 Å². The molecule has 24 heavy (non-hydrogen) atoms. The summed E-state index contributed by atoms with van der Waals surface area (Å²) in [6, 6.07) is 7.99. The number of carbonyl (C=O) groups is 2. The lowest BCUT2D eigenvalue weighted by Gasteiger charge is -2.12. The normalized spacial score (nSPS) is 10.2. The number of halogens is 1. The van der Waals surface area contributed by atoms with Crippen LogP contribution in [0, 0.1) is 41.5 Å². The Balaban J connectivity index is 0.00000288. The van der Waals surface area contributed by atoms with E-state index in [1.54, 1.807) is 0 Å². The molecule has 0 bridgehead atoms. The first kappa shape index (κ1) is 20.5. The van der Waals surface area contributed by atoms with Crippen LogP contribution in [0.3, 0.4) is 0 Å². The van der Waals surface area contributed by atoms with Crippen molar-refractivity contribution >= 4 is 32.0 Å². The van der Waals surface area contributed by atoms with Gasteiger partial charge in [0.15, 0.2) is 11.0 Å². The molecule has 0 heterocycles. The molecule has 4 heteroatoms. The molecule has 2 rings (SSSR count). The van der Waals surface area contributed by atoms with Gasteiger partial charge in [0.25, 0.3) is 0 Å². The first-order valence-corrected chi connectivity index (χ1v) is 8.72. The Bertz CT molecular complexity index is 696. The molecule has 0 aliphatic carbocycles. The van der Waals surface area contributed by atoms with Crippen molar-refractivity contribution in [1.82, 2.24) is 0 Å². The molecule has 0 unspecified atom stereocenters. The number of aryl methyl sites for hydroxylation is 6. The van der Waals surface area contributed by atoms with Gasteiger partial charge in [-0.05, 0) is 63.8 Å². The molecule has 0 saturated heterocycles. The quantitative estimate of drug-likeness (QED) is 0.661. The van der Waals surface area contributed by atoms with E-state index in [0.717, 1.165) is 33.4 Å². The van der Waals surface area contributed by atoms with Gasteiger partial charge in [-0.25, -0.2) is 0 Å². The van der Waals surface area contributed by atoms with E-state index in [9.17, 15) is 9.59 Å². The fourth-order valence-corrected chi connectivity index (χ4v) is 4.55. The molecular weight excluding hydrogens is 339 g/mol. The molecule has 0 aliphatic rings. The smallest absolute Gasteiger partial charge is 0.189 e. The first-order valence-electron chi connectivity index (χ1n) is 7.72. The Kier molecular flexibility index (Phi) is 6.89. The van der Waals surface area contributed by atoms with Gasteiger partial charge in [-0.2, -0.15) is 0 Å². The van der Waals surface area contributed by atoms with E-state index in [-0.39, 0.29) is 32.0 Å². The van der Waals surface area contributed by atoms with Crippen LogP contribution in [-0.2, 0) is 0 Å². The van der Waals surface area contributed by atoms with Gasteiger partial charge in [0.2, 0.25) is 0 Å². The zero-order valence-corrected chi connectivity index (χ0v) is 16.9. The maximum absolute atomic E-state index is 12.7. The predicted octanol–water partition coefficient (Wildman–Crippen LogP) is 5.62. The van der Waals surface area contributed by atoms with Crippen molar-refractivity contribution in [2.24, 2.45) is 0 Å². The minimum absolute atomic E-state index is 0. The van der Waals surface area contributed by atoms with Crippen LogP contribution in [0.15, 0.2) is 24.3 Å². The van der Waals surface area contributed by atoms with Crippen LogP contribution in [0.5, 0.6) is 0 Å². The monoisotopic (exact) mass is 362 g/mol. The summed E-state index contributed by atoms with van der Waals surface area (Å²) in [4.78, 5) is 25.3. The van der Waals surface area contributed by atoms with Gasteiger partial charge in [-0.3, -0.25) is 9.59 Å². The summed E-state index contributed by atoms with van der Waals surface area (Å²) < 4.78 is 0. The first-order chi connectivity index (χ1) is 10.7. The molecule has 0 N–H and O–H groups in total. The van der Waals surface area contributed by atoms with Gasteiger partial charge in [0.1, 0.15) is 0 Å². The third-order valence-corrected chi connectivity index (χ3v) is 4.99. The summed E-state index contributed by atoms with van der Waals surface area (Å²) in [5.41, 5.74) is 7.33. The van der Waals surface area contributed by atoms with Crippen LogP contribution < -0.4 is 0 Å². The number of hydrogen-bond donors (Lipinski definition) is 0. The molecule has 0 spiro atoms. The van der Waals surface area contributed by atoms with E-state index in [2.05, 4.69) is 0 Å². The summed E-state index contributed by atoms with van der Waals surface area (Å²) in [7, 11) is -0.364. The lowest BCUT2D eigenvalue weighted by Crippen LogP contribution is -2.06. The molecule has 0 atom stereocenters. The second kappa shape index (κ2) is 8.05. The lowest BCUT2D eigenvalue weighted by molar-refractivity contribution is 0.105. The molecule has 0 radical (unpaired) electrons. The van der Waals surface area contributed by atoms with Crippen molar-refractivity contribution < 1.29 is 9.59 Å². The summed E-state index contributed by atoms with van der Waals surface area (Å²) in [5.74, 6) is 0. The Morgan fingerprint density at radius 3 is 1.12 bits per heavy atom. The Morgan fingerprint density at radius 2 is 0.875 bits per heavy atom. The van der Waals surface area contributed by atoms with E-state index in [4.69, 9.17) is 0 Å². The highest BCUT2D eigenvalue weighted by Crippen LogP contribution is 2.31. The highest BCUT2D eigenvalue weighted by atomic mass is 35.5. The average Bonchev–Trinajstić information content (AvgIpc) is 2.35. The van der Waals surface area contributed by atoms with Crippen molar-refractivity contribution in [1.29, 1.82) is 0 Å². The van der Waals surface area contributed by atoms with Gasteiger partial charge in [0.05, 0.1) is 0 Å². The molecule has 0 fully saturated rings.